The highest BCUT2D eigenvalue weighted by Gasteiger charge is 2.30. The topological polar surface area (TPSA) is 39.7 Å². The number of likely N-dealkylation sites (tertiary alicyclic amines) is 1. The predicted molar refractivity (Wildman–Crippen MR) is 110 cm³/mol. The number of rotatable bonds is 5. The molecule has 0 aliphatic carbocycles. The third-order valence-corrected chi connectivity index (χ3v) is 4.51. The third kappa shape index (κ3) is 9.41. The standard InChI is InChI=1S/C18H24F6N4.HI/c1-25-16(26-8-7-17(19,20)21)27-15-5-9-28(10-6-15)12-13-3-2-4-14(11-13)18(22,23)24;/h2-4,11,15H,5-10,12H2,1H3,(H2,25,26,27);1H. The van der Waals surface area contributed by atoms with Crippen LogP contribution in [0.3, 0.4) is 0 Å². The van der Waals surface area contributed by atoms with Gasteiger partial charge in [-0.3, -0.25) is 9.89 Å². The maximum atomic E-state index is 12.8. The lowest BCUT2D eigenvalue weighted by atomic mass is 10.0. The molecule has 1 fully saturated rings. The molecular formula is C18H25F6IN4. The molecule has 1 saturated heterocycles. The van der Waals surface area contributed by atoms with Crippen LogP contribution in [0.25, 0.3) is 0 Å². The monoisotopic (exact) mass is 538 g/mol. The lowest BCUT2D eigenvalue weighted by molar-refractivity contribution is -0.137. The van der Waals surface area contributed by atoms with Crippen LogP contribution in [0.4, 0.5) is 26.3 Å². The van der Waals surface area contributed by atoms with E-state index in [1.807, 2.05) is 0 Å². The van der Waals surface area contributed by atoms with Gasteiger partial charge in [0.1, 0.15) is 0 Å². The van der Waals surface area contributed by atoms with Crippen molar-refractivity contribution in [3.05, 3.63) is 35.4 Å². The lowest BCUT2D eigenvalue weighted by Gasteiger charge is -2.33. The zero-order chi connectivity index (χ0) is 20.8. The van der Waals surface area contributed by atoms with Gasteiger partial charge in [0.25, 0.3) is 0 Å². The van der Waals surface area contributed by atoms with Crippen molar-refractivity contribution in [1.82, 2.24) is 15.5 Å². The first-order chi connectivity index (χ1) is 13.1. The molecule has 166 valence electrons. The summed E-state index contributed by atoms with van der Waals surface area (Å²) in [6.07, 6.45) is -8.08. The Bertz CT molecular complexity index is 654. The van der Waals surface area contributed by atoms with E-state index in [0.717, 1.165) is 25.0 Å². The van der Waals surface area contributed by atoms with E-state index in [2.05, 4.69) is 20.5 Å². The van der Waals surface area contributed by atoms with Gasteiger partial charge < -0.3 is 10.6 Å². The quantitative estimate of drug-likeness (QED) is 0.253. The average Bonchev–Trinajstić information content (AvgIpc) is 2.61. The van der Waals surface area contributed by atoms with Gasteiger partial charge in [0.2, 0.25) is 0 Å². The van der Waals surface area contributed by atoms with Gasteiger partial charge in [0.05, 0.1) is 12.0 Å². The lowest BCUT2D eigenvalue weighted by Crippen LogP contribution is -2.48. The summed E-state index contributed by atoms with van der Waals surface area (Å²) in [4.78, 5) is 5.99. The maximum Gasteiger partial charge on any atom is 0.416 e. The second kappa shape index (κ2) is 11.2. The number of halogens is 7. The Morgan fingerprint density at radius 1 is 1.14 bits per heavy atom. The number of nitrogens with zero attached hydrogens (tertiary/aromatic N) is 2. The average molecular weight is 538 g/mol. The molecule has 2 N–H and O–H groups in total. The van der Waals surface area contributed by atoms with Crippen molar-refractivity contribution in [1.29, 1.82) is 0 Å². The first-order valence-corrected chi connectivity index (χ1v) is 8.99. The summed E-state index contributed by atoms with van der Waals surface area (Å²) in [6.45, 7) is 1.52. The number of alkyl halides is 6. The highest BCUT2D eigenvalue weighted by Crippen LogP contribution is 2.30. The van der Waals surface area contributed by atoms with Gasteiger partial charge in [-0.05, 0) is 24.5 Å². The highest BCUT2D eigenvalue weighted by molar-refractivity contribution is 14.0. The molecule has 2 rings (SSSR count). The minimum absolute atomic E-state index is 0. The van der Waals surface area contributed by atoms with Gasteiger partial charge in [-0.2, -0.15) is 26.3 Å². The Morgan fingerprint density at radius 3 is 2.34 bits per heavy atom. The van der Waals surface area contributed by atoms with Crippen LogP contribution in [0.2, 0.25) is 0 Å². The SMILES string of the molecule is CN=C(NCCC(F)(F)F)NC1CCN(Cc2cccc(C(F)(F)F)c2)CC1.I. The van der Waals surface area contributed by atoms with Gasteiger partial charge in [-0.15, -0.1) is 24.0 Å². The van der Waals surface area contributed by atoms with E-state index in [4.69, 9.17) is 0 Å². The summed E-state index contributed by atoms with van der Waals surface area (Å²) in [5.41, 5.74) is -0.0545. The Kier molecular flexibility index (Phi) is 9.99. The van der Waals surface area contributed by atoms with Gasteiger partial charge in [-0.1, -0.05) is 18.2 Å². The Labute approximate surface area is 183 Å². The van der Waals surface area contributed by atoms with Gasteiger partial charge >= 0.3 is 12.4 Å². The van der Waals surface area contributed by atoms with Crippen molar-refractivity contribution in [2.75, 3.05) is 26.7 Å². The molecule has 0 aromatic heterocycles. The van der Waals surface area contributed by atoms with Gasteiger partial charge in [0.15, 0.2) is 5.96 Å². The fourth-order valence-electron chi connectivity index (χ4n) is 3.05. The second-order valence-corrected chi connectivity index (χ2v) is 6.76. The van der Waals surface area contributed by atoms with Crippen LogP contribution in [-0.4, -0.2) is 49.8 Å². The number of nitrogens with one attached hydrogen (secondary N) is 2. The van der Waals surface area contributed by atoms with Crippen LogP contribution in [0.1, 0.15) is 30.4 Å². The molecule has 1 aromatic carbocycles. The summed E-state index contributed by atoms with van der Waals surface area (Å²) in [6, 6.07) is 5.35. The van der Waals surface area contributed by atoms with Gasteiger partial charge in [0, 0.05) is 39.3 Å². The van der Waals surface area contributed by atoms with Crippen molar-refractivity contribution in [3.8, 4) is 0 Å². The Hall–Kier alpha value is -1.24. The molecule has 0 atom stereocenters. The summed E-state index contributed by atoms with van der Waals surface area (Å²) >= 11 is 0. The maximum absolute atomic E-state index is 12.8. The summed E-state index contributed by atoms with van der Waals surface area (Å²) in [7, 11) is 1.49. The first kappa shape index (κ1) is 25.8. The van der Waals surface area contributed by atoms with Crippen molar-refractivity contribution in [3.63, 3.8) is 0 Å². The molecular weight excluding hydrogens is 513 g/mol. The molecule has 0 saturated carbocycles. The van der Waals surface area contributed by atoms with Crippen LogP contribution in [0.5, 0.6) is 0 Å². The Balaban J connectivity index is 0.00000420. The molecule has 0 spiro atoms. The first-order valence-electron chi connectivity index (χ1n) is 8.99. The van der Waals surface area contributed by atoms with E-state index >= 15 is 0 Å². The molecule has 1 aliphatic rings. The van der Waals surface area contributed by atoms with Crippen molar-refractivity contribution >= 4 is 29.9 Å². The molecule has 0 amide bonds. The minimum atomic E-state index is -4.36. The number of benzene rings is 1. The van der Waals surface area contributed by atoms with E-state index < -0.39 is 24.3 Å². The number of guanidine groups is 1. The third-order valence-electron chi connectivity index (χ3n) is 4.51. The van der Waals surface area contributed by atoms with E-state index in [1.54, 1.807) is 6.07 Å². The summed E-state index contributed by atoms with van der Waals surface area (Å²) < 4.78 is 75.1. The fourth-order valence-corrected chi connectivity index (χ4v) is 3.05. The molecule has 1 aromatic rings. The number of hydrogen-bond donors (Lipinski definition) is 2. The molecule has 29 heavy (non-hydrogen) atoms. The van der Waals surface area contributed by atoms with Crippen molar-refractivity contribution < 1.29 is 26.3 Å². The molecule has 4 nitrogen and oxygen atoms in total. The predicted octanol–water partition coefficient (Wildman–Crippen LogP) is 4.41. The minimum Gasteiger partial charge on any atom is -0.356 e. The molecule has 0 unspecified atom stereocenters. The molecule has 1 heterocycles. The largest absolute Gasteiger partial charge is 0.416 e. The van der Waals surface area contributed by atoms with Crippen LogP contribution in [-0.2, 0) is 12.7 Å². The van der Waals surface area contributed by atoms with E-state index in [0.29, 0.717) is 31.2 Å². The number of aliphatic imine (C=N–C) groups is 1. The fraction of sp³-hybridized carbons (Fsp3) is 0.611. The summed E-state index contributed by atoms with van der Waals surface area (Å²) in [5.74, 6) is 0.320. The van der Waals surface area contributed by atoms with Crippen LogP contribution in [0, 0.1) is 0 Å². The zero-order valence-corrected chi connectivity index (χ0v) is 18.2. The Morgan fingerprint density at radius 2 is 1.79 bits per heavy atom. The van der Waals surface area contributed by atoms with Crippen LogP contribution in [0.15, 0.2) is 29.3 Å². The van der Waals surface area contributed by atoms with Crippen molar-refractivity contribution in [2.24, 2.45) is 4.99 Å². The molecule has 1 aliphatic heterocycles. The molecule has 0 radical (unpaired) electrons. The number of hydrogen-bond acceptors (Lipinski definition) is 2. The van der Waals surface area contributed by atoms with E-state index in [-0.39, 0.29) is 36.6 Å². The molecule has 0 bridgehead atoms. The summed E-state index contributed by atoms with van der Waals surface area (Å²) in [5, 5.41) is 5.74. The highest BCUT2D eigenvalue weighted by atomic mass is 127. The van der Waals surface area contributed by atoms with Gasteiger partial charge in [-0.25, -0.2) is 0 Å². The van der Waals surface area contributed by atoms with E-state index in [9.17, 15) is 26.3 Å². The van der Waals surface area contributed by atoms with Crippen LogP contribution >= 0.6 is 24.0 Å². The second-order valence-electron chi connectivity index (χ2n) is 6.76. The van der Waals surface area contributed by atoms with E-state index in [1.165, 1.54) is 13.1 Å². The zero-order valence-electron chi connectivity index (χ0n) is 15.9. The smallest absolute Gasteiger partial charge is 0.356 e. The normalized spacial score (nSPS) is 17.0. The van der Waals surface area contributed by atoms with Crippen LogP contribution < -0.4 is 10.6 Å². The number of piperidine rings is 1. The molecule has 11 heteroatoms. The van der Waals surface area contributed by atoms with Crippen molar-refractivity contribution in [2.45, 2.75) is 44.2 Å².